The molecule has 0 aromatic rings. The number of hydrogen-bond donors (Lipinski definition) is 1. The second-order valence-electron chi connectivity index (χ2n) is 8.05. The Balaban J connectivity index is 2.00. The summed E-state index contributed by atoms with van der Waals surface area (Å²) in [5.74, 6) is 0. The first-order chi connectivity index (χ1) is 9.80. The molecule has 2 heterocycles. The third kappa shape index (κ3) is 5.20. The van der Waals surface area contributed by atoms with Gasteiger partial charge in [-0.25, -0.2) is 0 Å². The third-order valence-corrected chi connectivity index (χ3v) is 4.49. The first-order valence-electron chi connectivity index (χ1n) is 8.52. The molecule has 124 valence electrons. The maximum Gasteiger partial charge on any atom is 0.0757 e. The zero-order valence-electron chi connectivity index (χ0n) is 14.6. The van der Waals surface area contributed by atoms with Gasteiger partial charge in [-0.2, -0.15) is 0 Å². The van der Waals surface area contributed by atoms with Crippen molar-refractivity contribution in [2.45, 2.75) is 65.2 Å². The van der Waals surface area contributed by atoms with Crippen LogP contribution in [0.4, 0.5) is 0 Å². The lowest BCUT2D eigenvalue weighted by Crippen LogP contribution is -2.57. The van der Waals surface area contributed by atoms with Gasteiger partial charge in [0.15, 0.2) is 0 Å². The molecule has 0 aromatic carbocycles. The van der Waals surface area contributed by atoms with E-state index in [-0.39, 0.29) is 11.0 Å². The summed E-state index contributed by atoms with van der Waals surface area (Å²) in [6, 6.07) is 0.531. The van der Waals surface area contributed by atoms with Crippen LogP contribution in [-0.4, -0.2) is 62.0 Å². The number of ether oxygens (including phenoxy) is 2. The smallest absolute Gasteiger partial charge is 0.0757 e. The van der Waals surface area contributed by atoms with E-state index >= 15 is 0 Å². The molecule has 4 heteroatoms. The fourth-order valence-electron chi connectivity index (χ4n) is 3.83. The Labute approximate surface area is 130 Å². The van der Waals surface area contributed by atoms with Gasteiger partial charge in [0.1, 0.15) is 0 Å². The van der Waals surface area contributed by atoms with E-state index in [9.17, 15) is 0 Å². The summed E-state index contributed by atoms with van der Waals surface area (Å²) in [6.45, 7) is 17.1. The van der Waals surface area contributed by atoms with Gasteiger partial charge in [0.2, 0.25) is 0 Å². The Morgan fingerprint density at radius 1 is 1.33 bits per heavy atom. The normalized spacial score (nSPS) is 34.3. The molecule has 21 heavy (non-hydrogen) atoms. The van der Waals surface area contributed by atoms with Gasteiger partial charge in [-0.15, -0.1) is 0 Å². The average molecular weight is 298 g/mol. The predicted molar refractivity (Wildman–Crippen MR) is 86.7 cm³/mol. The molecule has 1 N–H and O–H groups in total. The van der Waals surface area contributed by atoms with Gasteiger partial charge in [-0.1, -0.05) is 13.8 Å². The molecule has 2 atom stereocenters. The molecule has 0 spiro atoms. The van der Waals surface area contributed by atoms with Crippen molar-refractivity contribution in [3.63, 3.8) is 0 Å². The highest BCUT2D eigenvalue weighted by atomic mass is 16.5. The van der Waals surface area contributed by atoms with E-state index in [4.69, 9.17) is 9.47 Å². The van der Waals surface area contributed by atoms with E-state index in [1.807, 2.05) is 0 Å². The molecule has 2 saturated heterocycles. The van der Waals surface area contributed by atoms with Crippen LogP contribution in [0.1, 0.15) is 47.5 Å². The number of rotatable bonds is 5. The minimum atomic E-state index is -0.0418. The Morgan fingerprint density at radius 2 is 2.10 bits per heavy atom. The molecule has 0 aromatic heterocycles. The minimum Gasteiger partial charge on any atom is -0.381 e. The Hall–Kier alpha value is -0.160. The molecule has 2 rings (SSSR count). The topological polar surface area (TPSA) is 33.7 Å². The second kappa shape index (κ2) is 6.95. The van der Waals surface area contributed by atoms with Crippen molar-refractivity contribution < 1.29 is 9.47 Å². The van der Waals surface area contributed by atoms with Crippen LogP contribution in [0.15, 0.2) is 0 Å². The van der Waals surface area contributed by atoms with E-state index in [1.54, 1.807) is 0 Å². The summed E-state index contributed by atoms with van der Waals surface area (Å²) >= 11 is 0. The van der Waals surface area contributed by atoms with Crippen LogP contribution in [0.5, 0.6) is 0 Å². The first kappa shape index (κ1) is 17.2. The molecular weight excluding hydrogens is 264 g/mol. The fourth-order valence-corrected chi connectivity index (χ4v) is 3.83. The van der Waals surface area contributed by atoms with Gasteiger partial charge in [0.25, 0.3) is 0 Å². The molecule has 2 aliphatic heterocycles. The summed E-state index contributed by atoms with van der Waals surface area (Å²) in [4.78, 5) is 2.59. The van der Waals surface area contributed by atoms with E-state index in [0.717, 1.165) is 39.4 Å². The van der Waals surface area contributed by atoms with Crippen LogP contribution in [0.25, 0.3) is 0 Å². The fraction of sp³-hybridized carbons (Fsp3) is 1.00. The monoisotopic (exact) mass is 298 g/mol. The van der Waals surface area contributed by atoms with Crippen molar-refractivity contribution in [1.29, 1.82) is 0 Å². The lowest BCUT2D eigenvalue weighted by Gasteiger charge is -2.47. The van der Waals surface area contributed by atoms with Crippen LogP contribution in [-0.2, 0) is 9.47 Å². The Bertz CT molecular complexity index is 325. The molecular formula is C17H34N2O2. The van der Waals surface area contributed by atoms with Crippen LogP contribution in [0.3, 0.4) is 0 Å². The van der Waals surface area contributed by atoms with Crippen LogP contribution >= 0.6 is 0 Å². The molecule has 0 radical (unpaired) electrons. The summed E-state index contributed by atoms with van der Waals surface area (Å²) in [7, 11) is 0. The summed E-state index contributed by atoms with van der Waals surface area (Å²) in [5, 5.41) is 3.64. The molecule has 0 bridgehead atoms. The van der Waals surface area contributed by atoms with Crippen molar-refractivity contribution in [2.24, 2.45) is 5.41 Å². The molecule has 4 nitrogen and oxygen atoms in total. The van der Waals surface area contributed by atoms with Crippen molar-refractivity contribution in [3.8, 4) is 0 Å². The van der Waals surface area contributed by atoms with Crippen molar-refractivity contribution in [1.82, 2.24) is 10.2 Å². The van der Waals surface area contributed by atoms with Crippen molar-refractivity contribution in [2.75, 3.05) is 39.4 Å². The van der Waals surface area contributed by atoms with E-state index in [2.05, 4.69) is 44.8 Å². The van der Waals surface area contributed by atoms with Crippen LogP contribution in [0, 0.1) is 5.41 Å². The van der Waals surface area contributed by atoms with E-state index < -0.39 is 0 Å². The predicted octanol–water partition coefficient (Wildman–Crippen LogP) is 2.28. The number of nitrogens with one attached hydrogen (secondary N) is 1. The third-order valence-electron chi connectivity index (χ3n) is 4.49. The van der Waals surface area contributed by atoms with Gasteiger partial charge < -0.3 is 14.8 Å². The van der Waals surface area contributed by atoms with Crippen LogP contribution in [0.2, 0.25) is 0 Å². The van der Waals surface area contributed by atoms with Gasteiger partial charge in [-0.05, 0) is 33.6 Å². The average Bonchev–Trinajstić information content (AvgIpc) is 2.35. The first-order valence-corrected chi connectivity index (χ1v) is 8.52. The van der Waals surface area contributed by atoms with Crippen molar-refractivity contribution >= 4 is 0 Å². The summed E-state index contributed by atoms with van der Waals surface area (Å²) < 4.78 is 11.9. The van der Waals surface area contributed by atoms with Gasteiger partial charge in [-0.3, -0.25) is 4.90 Å². The van der Waals surface area contributed by atoms with E-state index in [0.29, 0.717) is 12.1 Å². The lowest BCUT2D eigenvalue weighted by molar-refractivity contribution is -0.141. The standard InChI is InChI=1S/C17H34N2O2/c1-14(2)18-10-17(7-6-8-20-13-17)12-19-9-15(3)21-16(4,5)11-19/h14-15,18H,6-13H2,1-5H3. The lowest BCUT2D eigenvalue weighted by atomic mass is 9.81. The number of morpholine rings is 1. The highest BCUT2D eigenvalue weighted by Gasteiger charge is 2.39. The molecule has 2 fully saturated rings. The molecule has 0 amide bonds. The van der Waals surface area contributed by atoms with Gasteiger partial charge in [0, 0.05) is 44.2 Å². The Kier molecular flexibility index (Phi) is 5.69. The zero-order valence-corrected chi connectivity index (χ0v) is 14.6. The van der Waals surface area contributed by atoms with Gasteiger partial charge in [0.05, 0.1) is 18.3 Å². The highest BCUT2D eigenvalue weighted by molar-refractivity contribution is 4.91. The molecule has 2 aliphatic rings. The molecule has 2 unspecified atom stereocenters. The maximum atomic E-state index is 6.04. The van der Waals surface area contributed by atoms with Crippen LogP contribution < -0.4 is 5.32 Å². The highest BCUT2D eigenvalue weighted by Crippen LogP contribution is 2.31. The SMILES string of the molecule is CC(C)NCC1(CN2CC(C)OC(C)(C)C2)CCCOC1. The molecule has 0 saturated carbocycles. The minimum absolute atomic E-state index is 0.0418. The Morgan fingerprint density at radius 3 is 2.67 bits per heavy atom. The number of nitrogens with zero attached hydrogens (tertiary/aromatic N) is 1. The largest absolute Gasteiger partial charge is 0.381 e. The second-order valence-corrected chi connectivity index (χ2v) is 8.05. The summed E-state index contributed by atoms with van der Waals surface area (Å²) in [6.07, 6.45) is 2.76. The zero-order chi connectivity index (χ0) is 15.5. The molecule has 0 aliphatic carbocycles. The number of hydrogen-bond acceptors (Lipinski definition) is 4. The van der Waals surface area contributed by atoms with Gasteiger partial charge >= 0.3 is 0 Å². The van der Waals surface area contributed by atoms with E-state index in [1.165, 1.54) is 12.8 Å². The quantitative estimate of drug-likeness (QED) is 0.844. The van der Waals surface area contributed by atoms with Crippen molar-refractivity contribution in [3.05, 3.63) is 0 Å². The summed E-state index contributed by atoms with van der Waals surface area (Å²) in [5.41, 5.74) is 0.218. The maximum absolute atomic E-state index is 6.04.